The zero-order chi connectivity index (χ0) is 35.9. The summed E-state index contributed by atoms with van der Waals surface area (Å²) in [7, 11) is -4.29. The smallest absolute Gasteiger partial charge is 0.457 e. The SMILES string of the molecule is CC/C=C\C/C=C\C/C=C\C/C=C\CCCOCC(COP(=O)(O)OCCN)OC(=O)CCCCCCC/C=C\C/C=C\CCCCCC. The topological polar surface area (TPSA) is 117 Å². The number of unbranched alkanes of at least 4 members (excludes halogenated alkanes) is 10. The minimum atomic E-state index is -4.29. The summed E-state index contributed by atoms with van der Waals surface area (Å²) in [6, 6.07) is 0. The molecule has 49 heavy (non-hydrogen) atoms. The van der Waals surface area contributed by atoms with Gasteiger partial charge >= 0.3 is 13.8 Å². The Morgan fingerprint density at radius 1 is 0.633 bits per heavy atom. The number of ether oxygens (including phenoxy) is 2. The normalized spacial score (nSPS) is 14.4. The summed E-state index contributed by atoms with van der Waals surface area (Å²) < 4.78 is 33.2. The van der Waals surface area contributed by atoms with Gasteiger partial charge in [-0.25, -0.2) is 4.57 Å². The average Bonchev–Trinajstić information content (AvgIpc) is 3.09. The molecule has 2 atom stereocenters. The maximum atomic E-state index is 12.5. The van der Waals surface area contributed by atoms with E-state index in [2.05, 4.69) is 86.8 Å². The summed E-state index contributed by atoms with van der Waals surface area (Å²) in [5, 5.41) is 0. The predicted octanol–water partition coefficient (Wildman–Crippen LogP) is 10.8. The number of hydrogen-bond acceptors (Lipinski definition) is 7. The lowest BCUT2D eigenvalue weighted by Gasteiger charge is -2.20. The standard InChI is InChI=1S/C40H70NO7P/c1-3-5-7-9-11-13-15-17-19-20-21-23-25-27-29-31-33-40(42)48-39(38-47-49(43,44)46-36-34-41)37-45-35-32-30-28-26-24-22-18-16-14-12-10-8-6-4-2/h6,8,12-15,18-20,22,26,28,39H,3-5,7,9-11,16-17,21,23-25,27,29-38,41H2,1-2H3,(H,43,44)/b8-6-,14-12-,15-13-,20-19-,22-18-,28-26-. The van der Waals surface area contributed by atoms with Gasteiger partial charge in [0.05, 0.1) is 19.8 Å². The Bertz CT molecular complexity index is 974. The van der Waals surface area contributed by atoms with E-state index in [1.54, 1.807) is 0 Å². The highest BCUT2D eigenvalue weighted by atomic mass is 31.2. The van der Waals surface area contributed by atoms with Crippen LogP contribution >= 0.6 is 7.82 Å². The molecule has 8 nitrogen and oxygen atoms in total. The van der Waals surface area contributed by atoms with Crippen molar-refractivity contribution >= 4 is 13.8 Å². The first kappa shape index (κ1) is 46.9. The zero-order valence-corrected chi connectivity index (χ0v) is 31.8. The molecule has 2 unspecified atom stereocenters. The number of carbonyl (C=O) groups excluding carboxylic acids is 1. The Hall–Kier alpha value is -2.06. The summed E-state index contributed by atoms with van der Waals surface area (Å²) in [6.07, 6.45) is 45.0. The molecule has 0 saturated carbocycles. The van der Waals surface area contributed by atoms with Crippen molar-refractivity contribution in [1.82, 2.24) is 0 Å². The molecule has 9 heteroatoms. The monoisotopic (exact) mass is 707 g/mol. The Morgan fingerprint density at radius 3 is 1.71 bits per heavy atom. The molecule has 3 N–H and O–H groups in total. The molecule has 0 aromatic rings. The van der Waals surface area contributed by atoms with E-state index in [0.29, 0.717) is 6.61 Å². The van der Waals surface area contributed by atoms with Crippen LogP contribution in [0.15, 0.2) is 72.9 Å². The summed E-state index contributed by atoms with van der Waals surface area (Å²) in [5.41, 5.74) is 5.35. The minimum absolute atomic E-state index is 0.0686. The molecule has 0 aromatic carbocycles. The van der Waals surface area contributed by atoms with Crippen LogP contribution in [0.25, 0.3) is 0 Å². The maximum absolute atomic E-state index is 12.5. The second-order valence-electron chi connectivity index (χ2n) is 12.1. The van der Waals surface area contributed by atoms with Crippen molar-refractivity contribution in [3.63, 3.8) is 0 Å². The highest BCUT2D eigenvalue weighted by Crippen LogP contribution is 2.43. The Labute approximate surface area is 299 Å². The second-order valence-corrected chi connectivity index (χ2v) is 13.5. The molecule has 0 rings (SSSR count). The number of allylic oxidation sites excluding steroid dienone is 12. The van der Waals surface area contributed by atoms with Crippen molar-refractivity contribution in [3.05, 3.63) is 72.9 Å². The first-order chi connectivity index (χ1) is 23.9. The minimum Gasteiger partial charge on any atom is -0.457 e. The molecule has 0 aromatic heterocycles. The Balaban J connectivity index is 4.23. The second kappa shape index (κ2) is 37.2. The van der Waals surface area contributed by atoms with E-state index >= 15 is 0 Å². The van der Waals surface area contributed by atoms with Gasteiger partial charge in [-0.1, -0.05) is 125 Å². The quantitative estimate of drug-likeness (QED) is 0.0289. The molecule has 0 aliphatic rings. The van der Waals surface area contributed by atoms with E-state index in [0.717, 1.165) is 83.5 Å². The van der Waals surface area contributed by atoms with Crippen molar-refractivity contribution in [2.45, 2.75) is 142 Å². The molecule has 0 aliphatic carbocycles. The number of hydrogen-bond donors (Lipinski definition) is 2. The fourth-order valence-corrected chi connectivity index (χ4v) is 5.38. The summed E-state index contributed by atoms with van der Waals surface area (Å²) in [4.78, 5) is 22.4. The van der Waals surface area contributed by atoms with E-state index in [-0.39, 0.29) is 38.8 Å². The van der Waals surface area contributed by atoms with Crippen LogP contribution in [0.4, 0.5) is 0 Å². The van der Waals surface area contributed by atoms with Crippen LogP contribution < -0.4 is 5.73 Å². The number of carbonyl (C=O) groups is 1. The Morgan fingerprint density at radius 2 is 1.14 bits per heavy atom. The summed E-state index contributed by atoms with van der Waals surface area (Å²) in [5.74, 6) is -0.367. The van der Waals surface area contributed by atoms with Gasteiger partial charge in [0, 0.05) is 19.6 Å². The van der Waals surface area contributed by atoms with Gasteiger partial charge in [0.1, 0.15) is 6.10 Å². The number of phosphoric acid groups is 1. The molecule has 0 heterocycles. The first-order valence-corrected chi connectivity index (χ1v) is 20.4. The first-order valence-electron chi connectivity index (χ1n) is 18.9. The molecule has 0 aliphatic heterocycles. The van der Waals surface area contributed by atoms with Crippen molar-refractivity contribution in [3.8, 4) is 0 Å². The predicted molar refractivity (Wildman–Crippen MR) is 205 cm³/mol. The highest BCUT2D eigenvalue weighted by Gasteiger charge is 2.25. The van der Waals surface area contributed by atoms with Crippen molar-refractivity contribution < 1.29 is 32.8 Å². The lowest BCUT2D eigenvalue weighted by Crippen LogP contribution is -2.28. The fourth-order valence-electron chi connectivity index (χ4n) is 4.62. The number of phosphoric ester groups is 1. The lowest BCUT2D eigenvalue weighted by molar-refractivity contribution is -0.154. The number of rotatable bonds is 35. The molecule has 282 valence electrons. The van der Waals surface area contributed by atoms with E-state index in [9.17, 15) is 14.3 Å². The van der Waals surface area contributed by atoms with Crippen molar-refractivity contribution in [2.75, 3.05) is 33.0 Å². The van der Waals surface area contributed by atoms with Crippen LogP contribution in [0.1, 0.15) is 136 Å². The van der Waals surface area contributed by atoms with Gasteiger partial charge in [-0.2, -0.15) is 0 Å². The molecule has 0 spiro atoms. The lowest BCUT2D eigenvalue weighted by atomic mass is 10.1. The number of esters is 1. The van der Waals surface area contributed by atoms with Crippen LogP contribution in [-0.2, 0) is 27.9 Å². The van der Waals surface area contributed by atoms with Crippen molar-refractivity contribution in [1.29, 1.82) is 0 Å². The molecule has 0 fully saturated rings. The highest BCUT2D eigenvalue weighted by molar-refractivity contribution is 7.47. The van der Waals surface area contributed by atoms with Crippen LogP contribution in [-0.4, -0.2) is 49.9 Å². The van der Waals surface area contributed by atoms with Gasteiger partial charge in [-0.15, -0.1) is 0 Å². The average molecular weight is 708 g/mol. The third-order valence-corrected chi connectivity index (χ3v) is 8.34. The van der Waals surface area contributed by atoms with E-state index in [4.69, 9.17) is 24.3 Å². The third-order valence-electron chi connectivity index (χ3n) is 7.36. The van der Waals surface area contributed by atoms with Gasteiger partial charge in [-0.05, 0) is 77.0 Å². The fraction of sp³-hybridized carbons (Fsp3) is 0.675. The van der Waals surface area contributed by atoms with Crippen LogP contribution in [0.2, 0.25) is 0 Å². The summed E-state index contributed by atoms with van der Waals surface area (Å²) >= 11 is 0. The van der Waals surface area contributed by atoms with Gasteiger partial charge in [-0.3, -0.25) is 13.8 Å². The van der Waals surface area contributed by atoms with Crippen LogP contribution in [0.3, 0.4) is 0 Å². The van der Waals surface area contributed by atoms with Crippen molar-refractivity contribution in [2.24, 2.45) is 5.73 Å². The van der Waals surface area contributed by atoms with E-state index in [1.807, 2.05) is 0 Å². The summed E-state index contributed by atoms with van der Waals surface area (Å²) in [6.45, 7) is 4.58. The molecule has 0 bridgehead atoms. The molecular formula is C40H70NO7P. The van der Waals surface area contributed by atoms with E-state index in [1.165, 1.54) is 32.1 Å². The largest absolute Gasteiger partial charge is 0.472 e. The molecule has 0 saturated heterocycles. The zero-order valence-electron chi connectivity index (χ0n) is 30.9. The Kier molecular flexibility index (Phi) is 35.6. The maximum Gasteiger partial charge on any atom is 0.472 e. The van der Waals surface area contributed by atoms with E-state index < -0.39 is 13.9 Å². The van der Waals surface area contributed by atoms with Gasteiger partial charge < -0.3 is 20.1 Å². The third kappa shape index (κ3) is 37.0. The van der Waals surface area contributed by atoms with Crippen LogP contribution in [0.5, 0.6) is 0 Å². The van der Waals surface area contributed by atoms with Gasteiger partial charge in [0.2, 0.25) is 0 Å². The van der Waals surface area contributed by atoms with Gasteiger partial charge in [0.15, 0.2) is 0 Å². The van der Waals surface area contributed by atoms with Crippen LogP contribution in [0, 0.1) is 0 Å². The molecular weight excluding hydrogens is 637 g/mol. The van der Waals surface area contributed by atoms with Gasteiger partial charge in [0.25, 0.3) is 0 Å². The molecule has 0 amide bonds. The molecule has 0 radical (unpaired) electrons. The number of nitrogens with two attached hydrogens (primary N) is 1.